The first kappa shape index (κ1) is 15.6. The van der Waals surface area contributed by atoms with Crippen molar-refractivity contribution in [3.8, 4) is 5.69 Å². The van der Waals surface area contributed by atoms with Gasteiger partial charge in [0.05, 0.1) is 17.3 Å². The Hall–Kier alpha value is -2.63. The quantitative estimate of drug-likeness (QED) is 0.834. The number of carboxylic acid groups (broad SMARTS) is 1. The van der Waals surface area contributed by atoms with Crippen molar-refractivity contribution in [2.75, 3.05) is 0 Å². The van der Waals surface area contributed by atoms with Gasteiger partial charge in [-0.25, -0.2) is 4.68 Å². The number of para-hydroxylation sites is 1. The molecule has 4 aliphatic carbocycles. The number of benzene rings is 1. The van der Waals surface area contributed by atoms with Gasteiger partial charge in [0.25, 0.3) is 0 Å². The number of rotatable bonds is 6. The molecule has 1 heterocycles. The zero-order valence-corrected chi connectivity index (χ0v) is 14.3. The van der Waals surface area contributed by atoms with Gasteiger partial charge in [0.15, 0.2) is 0 Å². The average Bonchev–Trinajstić information content (AvgIpc) is 3.16. The topological polar surface area (TPSA) is 84.2 Å². The van der Waals surface area contributed by atoms with Crippen molar-refractivity contribution in [3.05, 3.63) is 48.3 Å². The number of hydrogen-bond donors (Lipinski definition) is 2. The molecular formula is C20H21N3O3. The predicted octanol–water partition coefficient (Wildman–Crippen LogP) is 2.03. The number of aromatic nitrogens is 2. The normalized spacial score (nSPS) is 33.2. The lowest BCUT2D eigenvalue weighted by atomic mass is 10.1. The zero-order valence-electron chi connectivity index (χ0n) is 14.3. The molecule has 1 aromatic carbocycles. The number of hydrogen-bond acceptors (Lipinski definition) is 3. The number of nitrogens with one attached hydrogen (secondary N) is 1. The number of amides is 1. The third-order valence-corrected chi connectivity index (χ3v) is 6.66. The van der Waals surface area contributed by atoms with Crippen molar-refractivity contribution in [1.29, 1.82) is 0 Å². The third kappa shape index (κ3) is 2.14. The maximum atomic E-state index is 12.4. The van der Waals surface area contributed by atoms with E-state index in [9.17, 15) is 14.7 Å². The summed E-state index contributed by atoms with van der Waals surface area (Å²) in [6, 6.07) is 9.93. The second-order valence-corrected chi connectivity index (χ2v) is 7.90. The van der Waals surface area contributed by atoms with Gasteiger partial charge >= 0.3 is 5.97 Å². The summed E-state index contributed by atoms with van der Waals surface area (Å²) < 4.78 is 1.81. The Bertz CT molecular complexity index is 877. The minimum absolute atomic E-state index is 0.0150. The van der Waals surface area contributed by atoms with Gasteiger partial charge in [0, 0.05) is 18.7 Å². The van der Waals surface area contributed by atoms with E-state index in [1.165, 1.54) is 0 Å². The largest absolute Gasteiger partial charge is 0.481 e. The lowest BCUT2D eigenvalue weighted by Crippen LogP contribution is -2.37. The minimum Gasteiger partial charge on any atom is -0.481 e. The van der Waals surface area contributed by atoms with Crippen molar-refractivity contribution >= 4 is 11.9 Å². The van der Waals surface area contributed by atoms with Crippen molar-refractivity contribution in [3.63, 3.8) is 0 Å². The average molecular weight is 351 g/mol. The first-order chi connectivity index (χ1) is 12.6. The summed E-state index contributed by atoms with van der Waals surface area (Å²) in [7, 11) is 0. The van der Waals surface area contributed by atoms with Gasteiger partial charge in [-0.15, -0.1) is 0 Å². The van der Waals surface area contributed by atoms with E-state index >= 15 is 0 Å². The number of aryl methyl sites for hydroxylation is 1. The van der Waals surface area contributed by atoms with Crippen LogP contribution in [-0.2, 0) is 16.0 Å². The molecule has 6 nitrogen and oxygen atoms in total. The van der Waals surface area contributed by atoms with Gasteiger partial charge in [0.2, 0.25) is 5.91 Å². The molecule has 6 rings (SSSR count). The van der Waals surface area contributed by atoms with Crippen LogP contribution in [-0.4, -0.2) is 32.8 Å². The van der Waals surface area contributed by atoms with Crippen LogP contribution in [0.25, 0.3) is 5.69 Å². The fourth-order valence-electron chi connectivity index (χ4n) is 5.50. The van der Waals surface area contributed by atoms with Crippen LogP contribution >= 0.6 is 0 Å². The molecule has 0 radical (unpaired) electrons. The molecule has 0 aliphatic heterocycles. The number of aliphatic carboxylic acids is 1. The fraction of sp³-hybridized carbons (Fsp3) is 0.450. The molecule has 5 unspecified atom stereocenters. The maximum absolute atomic E-state index is 12.4. The van der Waals surface area contributed by atoms with E-state index in [1.807, 2.05) is 41.2 Å². The lowest BCUT2D eigenvalue weighted by molar-refractivity contribution is -0.144. The van der Waals surface area contributed by atoms with E-state index in [0.29, 0.717) is 24.7 Å². The van der Waals surface area contributed by atoms with Crippen molar-refractivity contribution in [1.82, 2.24) is 15.1 Å². The van der Waals surface area contributed by atoms with Crippen LogP contribution in [0.1, 0.15) is 24.8 Å². The molecular weight excluding hydrogens is 330 g/mol. The monoisotopic (exact) mass is 351 g/mol. The standard InChI is InChI=1S/C20H21N3O3/c24-16(22-18-13-8-15-17(18)20(15,9-13)19(25)26)7-6-12-10-21-23(11-12)14-4-2-1-3-5-14/h1-5,10-11,13,15,17-18H,6-9H2,(H,22,24)(H,25,26). The van der Waals surface area contributed by atoms with Gasteiger partial charge in [-0.3, -0.25) is 9.59 Å². The Kier molecular flexibility index (Phi) is 3.26. The first-order valence-corrected chi connectivity index (χ1v) is 9.21. The first-order valence-electron chi connectivity index (χ1n) is 9.21. The zero-order chi connectivity index (χ0) is 17.9. The molecule has 5 atom stereocenters. The molecule has 4 bridgehead atoms. The Morgan fingerprint density at radius 3 is 2.81 bits per heavy atom. The van der Waals surface area contributed by atoms with Gasteiger partial charge in [-0.1, -0.05) is 18.2 Å². The van der Waals surface area contributed by atoms with Gasteiger partial charge in [-0.2, -0.15) is 5.10 Å². The van der Waals surface area contributed by atoms with Crippen LogP contribution in [0.5, 0.6) is 0 Å². The second kappa shape index (κ2) is 5.43. The van der Waals surface area contributed by atoms with Gasteiger partial charge < -0.3 is 10.4 Å². The summed E-state index contributed by atoms with van der Waals surface area (Å²) in [6.07, 6.45) is 6.49. The van der Waals surface area contributed by atoms with Crippen molar-refractivity contribution in [2.24, 2.45) is 23.2 Å². The summed E-state index contributed by atoms with van der Waals surface area (Å²) >= 11 is 0. The summed E-state index contributed by atoms with van der Waals surface area (Å²) in [5.74, 6) is 0.154. The van der Waals surface area contributed by atoms with E-state index in [2.05, 4.69) is 10.4 Å². The highest BCUT2D eigenvalue weighted by atomic mass is 16.4. The van der Waals surface area contributed by atoms with E-state index in [0.717, 1.165) is 24.1 Å². The number of carbonyl (C=O) groups excluding carboxylic acids is 1. The van der Waals surface area contributed by atoms with Crippen LogP contribution in [0, 0.1) is 23.2 Å². The van der Waals surface area contributed by atoms with Gasteiger partial charge in [-0.05, 0) is 54.7 Å². The second-order valence-electron chi connectivity index (χ2n) is 7.90. The lowest BCUT2D eigenvalue weighted by Gasteiger charge is -2.16. The predicted molar refractivity (Wildman–Crippen MR) is 93.6 cm³/mol. The maximum Gasteiger partial charge on any atom is 0.310 e. The van der Waals surface area contributed by atoms with Crippen LogP contribution < -0.4 is 5.32 Å². The molecule has 2 N–H and O–H groups in total. The molecule has 2 aromatic rings. The Morgan fingerprint density at radius 2 is 2.12 bits per heavy atom. The third-order valence-electron chi connectivity index (χ3n) is 6.66. The van der Waals surface area contributed by atoms with E-state index in [4.69, 9.17) is 0 Å². The molecule has 6 heteroatoms. The highest BCUT2D eigenvalue weighted by molar-refractivity contribution is 5.83. The molecule has 4 saturated carbocycles. The number of carboxylic acids is 1. The Labute approximate surface area is 151 Å². The van der Waals surface area contributed by atoms with Crippen LogP contribution in [0.3, 0.4) is 0 Å². The van der Waals surface area contributed by atoms with E-state index in [1.54, 1.807) is 6.20 Å². The molecule has 1 amide bonds. The number of carbonyl (C=O) groups is 2. The van der Waals surface area contributed by atoms with E-state index in [-0.39, 0.29) is 17.9 Å². The highest BCUT2D eigenvalue weighted by Gasteiger charge is 2.82. The Morgan fingerprint density at radius 1 is 1.31 bits per heavy atom. The van der Waals surface area contributed by atoms with Crippen molar-refractivity contribution in [2.45, 2.75) is 31.7 Å². The molecule has 134 valence electrons. The van der Waals surface area contributed by atoms with Gasteiger partial charge in [0.1, 0.15) is 0 Å². The molecule has 26 heavy (non-hydrogen) atoms. The smallest absolute Gasteiger partial charge is 0.310 e. The Balaban J connectivity index is 1.17. The number of nitrogens with zero attached hydrogens (tertiary/aromatic N) is 2. The van der Waals surface area contributed by atoms with Crippen LogP contribution in [0.4, 0.5) is 0 Å². The van der Waals surface area contributed by atoms with Crippen molar-refractivity contribution < 1.29 is 14.7 Å². The molecule has 0 spiro atoms. The van der Waals surface area contributed by atoms with Crippen LogP contribution in [0.15, 0.2) is 42.7 Å². The highest BCUT2D eigenvalue weighted by Crippen LogP contribution is 2.79. The molecule has 0 saturated heterocycles. The van der Waals surface area contributed by atoms with E-state index < -0.39 is 11.4 Å². The molecule has 1 aromatic heterocycles. The summed E-state index contributed by atoms with van der Waals surface area (Å²) in [5.41, 5.74) is 1.50. The summed E-state index contributed by atoms with van der Waals surface area (Å²) in [6.45, 7) is 0. The minimum atomic E-state index is -0.667. The fourth-order valence-corrected chi connectivity index (χ4v) is 5.50. The molecule has 4 fully saturated rings. The SMILES string of the molecule is O=C(CCc1cnn(-c2ccccc2)c1)NC1C2CC3C1C3(C(=O)O)C2. The van der Waals surface area contributed by atoms with Crippen LogP contribution in [0.2, 0.25) is 0 Å². The molecule has 4 aliphatic rings. The summed E-state index contributed by atoms with van der Waals surface area (Å²) in [4.78, 5) is 23.9. The summed E-state index contributed by atoms with van der Waals surface area (Å²) in [5, 5.41) is 17.0.